The molecule has 0 saturated heterocycles. The minimum Gasteiger partial charge on any atom is -0.319 e. The van der Waals surface area contributed by atoms with E-state index in [1.54, 1.807) is 6.07 Å². The highest BCUT2D eigenvalue weighted by molar-refractivity contribution is 6.40. The standard InChI is InChI=1S/C16H7Cl3FN3O3/c17-11-2-1-3-14(20)10(11)4-8(7-21)16(24)22-15-12(18)5-9(23(25)26)6-13(15)19/h1-6H,(H,22,24)/b8-4+. The topological polar surface area (TPSA) is 96.0 Å². The summed E-state index contributed by atoms with van der Waals surface area (Å²) in [5.41, 5.74) is -1.10. The zero-order chi connectivity index (χ0) is 19.4. The second-order valence-corrected chi connectivity index (χ2v) is 6.02. The highest BCUT2D eigenvalue weighted by Crippen LogP contribution is 2.35. The summed E-state index contributed by atoms with van der Waals surface area (Å²) in [6.45, 7) is 0. The van der Waals surface area contributed by atoms with Crippen LogP contribution >= 0.6 is 34.8 Å². The van der Waals surface area contributed by atoms with E-state index in [4.69, 9.17) is 34.8 Å². The van der Waals surface area contributed by atoms with Crippen molar-refractivity contribution in [3.05, 3.63) is 72.5 Å². The zero-order valence-corrected chi connectivity index (χ0v) is 14.9. The van der Waals surface area contributed by atoms with Crippen LogP contribution in [0.2, 0.25) is 15.1 Å². The third-order valence-corrected chi connectivity index (χ3v) is 4.06. The Kier molecular flexibility index (Phi) is 6.16. The lowest BCUT2D eigenvalue weighted by Crippen LogP contribution is -2.14. The second kappa shape index (κ2) is 8.15. The predicted molar refractivity (Wildman–Crippen MR) is 96.7 cm³/mol. The van der Waals surface area contributed by atoms with E-state index in [0.717, 1.165) is 24.3 Å². The van der Waals surface area contributed by atoms with E-state index < -0.39 is 22.2 Å². The molecule has 6 nitrogen and oxygen atoms in total. The molecule has 2 rings (SSSR count). The molecular weight excluding hydrogens is 408 g/mol. The Morgan fingerprint density at radius 1 is 1.23 bits per heavy atom. The van der Waals surface area contributed by atoms with Gasteiger partial charge in [-0.15, -0.1) is 0 Å². The van der Waals surface area contributed by atoms with Crippen molar-refractivity contribution in [2.75, 3.05) is 5.32 Å². The minimum absolute atomic E-state index is 0.0111. The number of rotatable bonds is 4. The third kappa shape index (κ3) is 4.29. The van der Waals surface area contributed by atoms with E-state index in [0.29, 0.717) is 0 Å². The first-order chi connectivity index (χ1) is 12.2. The van der Waals surface area contributed by atoms with Gasteiger partial charge in [0.25, 0.3) is 11.6 Å². The molecule has 2 aromatic carbocycles. The van der Waals surface area contributed by atoms with Gasteiger partial charge < -0.3 is 5.32 Å². The molecule has 10 heteroatoms. The summed E-state index contributed by atoms with van der Waals surface area (Å²) in [6, 6.07) is 7.50. The summed E-state index contributed by atoms with van der Waals surface area (Å²) in [7, 11) is 0. The Morgan fingerprint density at radius 3 is 2.35 bits per heavy atom. The number of nitrogens with zero attached hydrogens (tertiary/aromatic N) is 2. The van der Waals surface area contributed by atoms with Gasteiger partial charge in [-0.1, -0.05) is 40.9 Å². The van der Waals surface area contributed by atoms with Crippen LogP contribution in [-0.4, -0.2) is 10.8 Å². The van der Waals surface area contributed by atoms with Gasteiger partial charge in [0.2, 0.25) is 0 Å². The summed E-state index contributed by atoms with van der Waals surface area (Å²) in [5, 5.41) is 21.8. The van der Waals surface area contributed by atoms with Gasteiger partial charge in [0.05, 0.1) is 25.7 Å². The van der Waals surface area contributed by atoms with Crippen LogP contribution in [0.4, 0.5) is 15.8 Å². The Hall–Kier alpha value is -2.66. The predicted octanol–water partition coefficient (Wildman–Crippen LogP) is 5.24. The van der Waals surface area contributed by atoms with Crippen molar-refractivity contribution in [1.82, 2.24) is 0 Å². The fourth-order valence-corrected chi connectivity index (χ4v) is 2.69. The van der Waals surface area contributed by atoms with Gasteiger partial charge in [0.15, 0.2) is 0 Å². The van der Waals surface area contributed by atoms with Gasteiger partial charge in [-0.25, -0.2) is 4.39 Å². The maximum absolute atomic E-state index is 13.8. The molecule has 0 unspecified atom stereocenters. The molecule has 0 aromatic heterocycles. The summed E-state index contributed by atoms with van der Waals surface area (Å²) in [4.78, 5) is 22.3. The summed E-state index contributed by atoms with van der Waals surface area (Å²) in [6.07, 6.45) is 0.972. The minimum atomic E-state index is -0.940. The number of amides is 1. The first-order valence-electron chi connectivity index (χ1n) is 6.75. The normalized spacial score (nSPS) is 11.0. The molecule has 0 radical (unpaired) electrons. The number of benzene rings is 2. The van der Waals surface area contributed by atoms with Crippen molar-refractivity contribution in [2.24, 2.45) is 0 Å². The van der Waals surface area contributed by atoms with E-state index in [-0.39, 0.29) is 32.0 Å². The van der Waals surface area contributed by atoms with Gasteiger partial charge in [0.1, 0.15) is 17.5 Å². The van der Waals surface area contributed by atoms with E-state index in [1.807, 2.05) is 0 Å². The highest BCUT2D eigenvalue weighted by Gasteiger charge is 2.19. The fourth-order valence-electron chi connectivity index (χ4n) is 1.91. The Bertz CT molecular complexity index is 943. The van der Waals surface area contributed by atoms with E-state index in [2.05, 4.69) is 5.32 Å². The lowest BCUT2D eigenvalue weighted by atomic mass is 10.1. The number of carbonyl (C=O) groups is 1. The molecule has 1 N–H and O–H groups in total. The van der Waals surface area contributed by atoms with Gasteiger partial charge >= 0.3 is 0 Å². The van der Waals surface area contributed by atoms with Crippen LogP contribution in [0.1, 0.15) is 5.56 Å². The quantitative estimate of drug-likeness (QED) is 0.320. The number of nitriles is 1. The molecule has 1 amide bonds. The van der Waals surface area contributed by atoms with Crippen molar-refractivity contribution in [3.8, 4) is 6.07 Å². The van der Waals surface area contributed by atoms with Gasteiger partial charge in [-0.2, -0.15) is 5.26 Å². The van der Waals surface area contributed by atoms with Crippen molar-refractivity contribution in [2.45, 2.75) is 0 Å². The maximum atomic E-state index is 13.8. The average Bonchev–Trinajstić information content (AvgIpc) is 2.57. The average molecular weight is 415 g/mol. The van der Waals surface area contributed by atoms with E-state index >= 15 is 0 Å². The number of nitro groups is 1. The number of anilines is 1. The summed E-state index contributed by atoms with van der Waals surface area (Å²) >= 11 is 17.6. The molecule has 2 aromatic rings. The van der Waals surface area contributed by atoms with Crippen LogP contribution < -0.4 is 5.32 Å². The van der Waals surface area contributed by atoms with Crippen molar-refractivity contribution in [3.63, 3.8) is 0 Å². The number of halogens is 4. The number of nitrogens with one attached hydrogen (secondary N) is 1. The van der Waals surface area contributed by atoms with Crippen LogP contribution in [0.15, 0.2) is 35.9 Å². The molecule has 26 heavy (non-hydrogen) atoms. The first-order valence-corrected chi connectivity index (χ1v) is 7.88. The van der Waals surface area contributed by atoms with Crippen molar-refractivity contribution < 1.29 is 14.1 Å². The SMILES string of the molecule is N#C/C(=C\c1c(F)cccc1Cl)C(=O)Nc1c(Cl)cc([N+](=O)[O-])cc1Cl. The van der Waals surface area contributed by atoms with E-state index in [9.17, 15) is 24.6 Å². The second-order valence-electron chi connectivity index (χ2n) is 4.80. The van der Waals surface area contributed by atoms with Crippen LogP contribution in [0.5, 0.6) is 0 Å². The van der Waals surface area contributed by atoms with Gasteiger partial charge in [-0.3, -0.25) is 14.9 Å². The molecule has 0 aliphatic carbocycles. The molecule has 0 fully saturated rings. The largest absolute Gasteiger partial charge is 0.319 e. The number of hydrogen-bond donors (Lipinski definition) is 1. The summed E-state index contributed by atoms with van der Waals surface area (Å²) < 4.78 is 13.8. The molecule has 0 heterocycles. The molecular formula is C16H7Cl3FN3O3. The smallest absolute Gasteiger partial charge is 0.272 e. The first kappa shape index (κ1) is 19.7. The summed E-state index contributed by atoms with van der Waals surface area (Å²) in [5.74, 6) is -1.66. The highest BCUT2D eigenvalue weighted by atomic mass is 35.5. The Labute approximate surface area is 161 Å². The fraction of sp³-hybridized carbons (Fsp3) is 0. The van der Waals surface area contributed by atoms with Crippen LogP contribution in [0.3, 0.4) is 0 Å². The van der Waals surface area contributed by atoms with Crippen molar-refractivity contribution in [1.29, 1.82) is 5.26 Å². The lowest BCUT2D eigenvalue weighted by Gasteiger charge is -2.09. The maximum Gasteiger partial charge on any atom is 0.272 e. The molecule has 132 valence electrons. The number of non-ortho nitro benzene ring substituents is 1. The van der Waals surface area contributed by atoms with Crippen LogP contribution in [0, 0.1) is 27.3 Å². The monoisotopic (exact) mass is 413 g/mol. The molecule has 0 aliphatic heterocycles. The van der Waals surface area contributed by atoms with Gasteiger partial charge in [-0.05, 0) is 18.2 Å². The lowest BCUT2D eigenvalue weighted by molar-refractivity contribution is -0.384. The van der Waals surface area contributed by atoms with Crippen LogP contribution in [-0.2, 0) is 4.79 Å². The van der Waals surface area contributed by atoms with Crippen LogP contribution in [0.25, 0.3) is 6.08 Å². The van der Waals surface area contributed by atoms with E-state index in [1.165, 1.54) is 12.1 Å². The zero-order valence-electron chi connectivity index (χ0n) is 12.6. The third-order valence-electron chi connectivity index (χ3n) is 3.13. The molecule has 0 bridgehead atoms. The molecule has 0 atom stereocenters. The molecule has 0 saturated carbocycles. The Morgan fingerprint density at radius 2 is 1.85 bits per heavy atom. The number of carbonyl (C=O) groups excluding carboxylic acids is 1. The number of hydrogen-bond acceptors (Lipinski definition) is 4. The Balaban J connectivity index is 2.38. The molecule has 0 spiro atoms. The molecule has 0 aliphatic rings. The van der Waals surface area contributed by atoms with Gasteiger partial charge in [0, 0.05) is 17.7 Å². The van der Waals surface area contributed by atoms with Crippen molar-refractivity contribution >= 4 is 58.2 Å². The number of nitro benzene ring substituents is 1.